The Balaban J connectivity index is 1.68. The number of morpholine rings is 1. The number of nitrogens with two attached hydrogens (primary N) is 1. The third-order valence-electron chi connectivity index (χ3n) is 8.11. The lowest BCUT2D eigenvalue weighted by Gasteiger charge is -2.39. The average Bonchev–Trinajstić information content (AvgIpc) is 3.23. The Morgan fingerprint density at radius 3 is 2.45 bits per heavy atom. The summed E-state index contributed by atoms with van der Waals surface area (Å²) in [7, 11) is 1.56. The monoisotopic (exact) mass is 631 g/mol. The summed E-state index contributed by atoms with van der Waals surface area (Å²) in [5.41, 5.74) is 13.4. The van der Waals surface area contributed by atoms with Gasteiger partial charge in [0.1, 0.15) is 12.0 Å². The Bertz CT molecular complexity index is 1180. The summed E-state index contributed by atoms with van der Waals surface area (Å²) in [6.07, 6.45) is -4.20. The predicted molar refractivity (Wildman–Crippen MR) is 155 cm³/mol. The van der Waals surface area contributed by atoms with Gasteiger partial charge < -0.3 is 19.1 Å². The molecule has 4 N–H and O–H groups in total. The third-order valence-corrected chi connectivity index (χ3v) is 8.11. The molecule has 0 amide bonds. The second-order valence-electron chi connectivity index (χ2n) is 12.4. The van der Waals surface area contributed by atoms with E-state index in [2.05, 4.69) is 22.7 Å². The highest BCUT2D eigenvalue weighted by Gasteiger charge is 2.61. The maximum absolute atomic E-state index is 14.1. The lowest BCUT2D eigenvalue weighted by atomic mass is 9.84. The number of rotatable bonds is 11. The molecular weight excluding hydrogens is 585 g/mol. The molecule has 12 nitrogen and oxygen atoms in total. The highest BCUT2D eigenvalue weighted by atomic mass is 19.4. The highest BCUT2D eigenvalue weighted by Crippen LogP contribution is 2.41. The van der Waals surface area contributed by atoms with Crippen LogP contribution in [-0.2, 0) is 24.5 Å². The summed E-state index contributed by atoms with van der Waals surface area (Å²) in [6.45, 7) is 10.0. The summed E-state index contributed by atoms with van der Waals surface area (Å²) in [5, 5.41) is 1.47. The number of ether oxygens (including phenoxy) is 3. The average molecular weight is 632 g/mol. The smallest absolute Gasteiger partial charge is 0.494 e. The molecule has 1 aromatic carbocycles. The van der Waals surface area contributed by atoms with Gasteiger partial charge in [0.05, 0.1) is 26.0 Å². The molecule has 3 fully saturated rings. The van der Waals surface area contributed by atoms with Gasteiger partial charge in [-0.15, -0.1) is 5.01 Å². The molecule has 248 valence electrons. The number of benzene rings is 1. The van der Waals surface area contributed by atoms with Gasteiger partial charge in [-0.2, -0.15) is 13.2 Å². The fourth-order valence-electron chi connectivity index (χ4n) is 5.86. The first-order valence-electron chi connectivity index (χ1n) is 15.2. The number of hydroxylamine groups is 2. The van der Waals surface area contributed by atoms with Crippen LogP contribution in [0.25, 0.3) is 0 Å². The fourth-order valence-corrected chi connectivity index (χ4v) is 5.86. The number of halogens is 3. The van der Waals surface area contributed by atoms with Crippen molar-refractivity contribution in [3.63, 3.8) is 0 Å². The molecule has 44 heavy (non-hydrogen) atoms. The SMILES string of the molecule is CCCCCOC1CCC2N(N1)C(N)N[N+]2(CC(=O)c1cc(N2CCOCC2)c(OC)c(C(C)(C)C)c1)OC(=O)C(F)(F)F. The topological polar surface area (TPSA) is 128 Å². The first-order valence-corrected chi connectivity index (χ1v) is 15.2. The number of alkyl halides is 3. The lowest BCUT2D eigenvalue weighted by Crippen LogP contribution is -2.66. The lowest BCUT2D eigenvalue weighted by molar-refractivity contribution is -1.13. The predicted octanol–water partition coefficient (Wildman–Crippen LogP) is 3.07. The van der Waals surface area contributed by atoms with Crippen molar-refractivity contribution < 1.29 is 46.6 Å². The van der Waals surface area contributed by atoms with Crippen LogP contribution < -0.4 is 26.2 Å². The van der Waals surface area contributed by atoms with E-state index in [1.807, 2.05) is 20.8 Å². The molecule has 4 atom stereocenters. The summed E-state index contributed by atoms with van der Waals surface area (Å²) in [4.78, 5) is 33.5. The highest BCUT2D eigenvalue weighted by molar-refractivity contribution is 5.99. The Labute approximate surface area is 256 Å². The quantitative estimate of drug-likeness (QED) is 0.190. The number of hydrogen-bond donors (Lipinski definition) is 3. The van der Waals surface area contributed by atoms with Crippen molar-refractivity contribution in [2.75, 3.05) is 51.5 Å². The van der Waals surface area contributed by atoms with Gasteiger partial charge in [0, 0.05) is 37.2 Å². The summed E-state index contributed by atoms with van der Waals surface area (Å²) in [6, 6.07) is 3.37. The number of nitrogens with zero attached hydrogens (tertiary/aromatic N) is 3. The van der Waals surface area contributed by atoms with E-state index in [-0.39, 0.29) is 12.0 Å². The second kappa shape index (κ2) is 13.8. The number of fused-ring (bicyclic) bond motifs is 1. The van der Waals surface area contributed by atoms with E-state index in [9.17, 15) is 22.8 Å². The van der Waals surface area contributed by atoms with Crippen molar-refractivity contribution in [1.29, 1.82) is 0 Å². The van der Waals surface area contributed by atoms with Crippen LogP contribution in [0.1, 0.15) is 75.7 Å². The minimum atomic E-state index is -5.29. The largest absolute Gasteiger partial charge is 0.497 e. The zero-order valence-corrected chi connectivity index (χ0v) is 26.2. The number of ketones is 1. The van der Waals surface area contributed by atoms with E-state index in [0.717, 1.165) is 24.8 Å². The van der Waals surface area contributed by atoms with Crippen molar-refractivity contribution >= 4 is 17.4 Å². The number of carbonyl (C=O) groups excluding carboxylic acids is 2. The molecular formula is C29H46F3N6O6+. The second-order valence-corrected chi connectivity index (χ2v) is 12.4. The van der Waals surface area contributed by atoms with Crippen molar-refractivity contribution in [3.8, 4) is 5.75 Å². The van der Waals surface area contributed by atoms with Gasteiger partial charge in [-0.3, -0.25) is 10.5 Å². The van der Waals surface area contributed by atoms with Crippen molar-refractivity contribution in [1.82, 2.24) is 15.9 Å². The molecule has 4 rings (SSSR count). The number of carbonyl (C=O) groups is 2. The zero-order valence-electron chi connectivity index (χ0n) is 26.2. The number of nitrogens with one attached hydrogen (secondary N) is 2. The van der Waals surface area contributed by atoms with Crippen LogP contribution in [0.5, 0.6) is 5.75 Å². The Morgan fingerprint density at radius 2 is 1.84 bits per heavy atom. The van der Waals surface area contributed by atoms with Gasteiger partial charge in [-0.1, -0.05) is 46.0 Å². The zero-order chi connectivity index (χ0) is 32.3. The van der Waals surface area contributed by atoms with Gasteiger partial charge in [0.25, 0.3) is 0 Å². The molecule has 3 heterocycles. The minimum absolute atomic E-state index is 0.236. The van der Waals surface area contributed by atoms with Gasteiger partial charge in [0.2, 0.25) is 18.5 Å². The van der Waals surface area contributed by atoms with E-state index in [1.165, 1.54) is 5.01 Å². The summed E-state index contributed by atoms with van der Waals surface area (Å²) >= 11 is 0. The van der Waals surface area contributed by atoms with E-state index in [1.54, 1.807) is 19.2 Å². The number of anilines is 1. The van der Waals surface area contributed by atoms with E-state index in [0.29, 0.717) is 50.8 Å². The van der Waals surface area contributed by atoms with Crippen LogP contribution in [0.15, 0.2) is 12.1 Å². The molecule has 0 aliphatic carbocycles. The molecule has 3 aliphatic rings. The number of Topliss-reactive ketones (excluding diaryl/α,β-unsaturated/α-hetero) is 1. The van der Waals surface area contributed by atoms with E-state index >= 15 is 0 Å². The Morgan fingerprint density at radius 1 is 1.14 bits per heavy atom. The molecule has 1 aromatic rings. The first kappa shape index (κ1) is 34.3. The van der Waals surface area contributed by atoms with E-state index < -0.39 is 53.3 Å². The maximum Gasteiger partial charge on any atom is 0.497 e. The van der Waals surface area contributed by atoms with Crippen LogP contribution in [0.3, 0.4) is 0 Å². The maximum atomic E-state index is 14.1. The number of unbranched alkanes of at least 4 members (excludes halogenated alkanes) is 2. The number of methoxy groups -OCH3 is 1. The molecule has 15 heteroatoms. The van der Waals surface area contributed by atoms with Crippen molar-refractivity contribution in [2.24, 2.45) is 5.73 Å². The number of quaternary nitrogens is 1. The molecule has 3 aliphatic heterocycles. The molecule has 0 bridgehead atoms. The van der Waals surface area contributed by atoms with Gasteiger partial charge in [0.15, 0.2) is 6.29 Å². The van der Waals surface area contributed by atoms with Crippen LogP contribution in [-0.4, -0.2) is 92.9 Å². The Hall–Kier alpha value is -2.53. The van der Waals surface area contributed by atoms with Gasteiger partial charge in [-0.25, -0.2) is 15.1 Å². The summed E-state index contributed by atoms with van der Waals surface area (Å²) in [5.74, 6) is -2.36. The number of hydrogen-bond acceptors (Lipinski definition) is 11. The van der Waals surface area contributed by atoms with Crippen molar-refractivity contribution in [3.05, 3.63) is 23.3 Å². The van der Waals surface area contributed by atoms with Gasteiger partial charge in [-0.05, 0) is 35.1 Å². The molecule has 3 saturated heterocycles. The molecule has 0 aromatic heterocycles. The standard InChI is InChI=1S/C29H46F3N6O6/c1-6-7-8-13-43-23-9-10-24-37(34-23)27(33)35-38(24,44-26(40)29(30,31)32)18-22(39)19-16-20(28(2,3)4)25(41-5)21(17-19)36-11-14-42-15-12-36/h16-17,23-24,27,34-35H,6-15,18,33H2,1-5H3/q+1. The molecule has 0 radical (unpaired) electrons. The third kappa shape index (κ3) is 7.63. The van der Waals surface area contributed by atoms with Crippen LogP contribution in [0.2, 0.25) is 0 Å². The fraction of sp³-hybridized carbons (Fsp3) is 0.724. The molecule has 4 unspecified atom stereocenters. The number of hydrazine groups is 1. The van der Waals surface area contributed by atoms with Crippen LogP contribution >= 0.6 is 0 Å². The summed E-state index contributed by atoms with van der Waals surface area (Å²) < 4.78 is 56.7. The first-order chi connectivity index (χ1) is 20.7. The van der Waals surface area contributed by atoms with E-state index in [4.69, 9.17) is 24.8 Å². The molecule has 0 spiro atoms. The Kier molecular flexibility index (Phi) is 10.8. The molecule has 0 saturated carbocycles. The normalized spacial score (nSPS) is 26.4. The van der Waals surface area contributed by atoms with Crippen molar-refractivity contribution in [2.45, 2.75) is 90.1 Å². The van der Waals surface area contributed by atoms with Crippen LogP contribution in [0, 0.1) is 0 Å². The van der Waals surface area contributed by atoms with Gasteiger partial charge >= 0.3 is 12.1 Å². The minimum Gasteiger partial charge on any atom is -0.494 e. The van der Waals surface area contributed by atoms with Crippen LogP contribution in [0.4, 0.5) is 18.9 Å².